The van der Waals surface area contributed by atoms with Crippen molar-refractivity contribution in [2.24, 2.45) is 17.3 Å². The van der Waals surface area contributed by atoms with Crippen LogP contribution < -0.4 is 0 Å². The van der Waals surface area contributed by atoms with Gasteiger partial charge in [0.05, 0.1) is 5.92 Å². The average molecular weight is 496 g/mol. The van der Waals surface area contributed by atoms with Crippen LogP contribution in [0.1, 0.15) is 64.5 Å². The fourth-order valence-corrected chi connectivity index (χ4v) is 5.30. The summed E-state index contributed by atoms with van der Waals surface area (Å²) in [5.41, 5.74) is 0.921. The number of carbonyl (C=O) groups is 2. The van der Waals surface area contributed by atoms with Crippen LogP contribution in [-0.4, -0.2) is 55.6 Å². The summed E-state index contributed by atoms with van der Waals surface area (Å²) in [5, 5.41) is 10.0. The molecule has 36 heavy (non-hydrogen) atoms. The Bertz CT molecular complexity index is 904. The number of likely N-dealkylation sites (N-methyl/N-ethyl adjacent to an activating group) is 1. The number of benzene rings is 2. The molecule has 5 nitrogen and oxygen atoms in total. The summed E-state index contributed by atoms with van der Waals surface area (Å²) in [4.78, 5) is 28.2. The molecule has 2 aromatic rings. The number of rotatable bonds is 15. The molecule has 1 N–H and O–H groups in total. The van der Waals surface area contributed by atoms with Gasteiger partial charge in [-0.3, -0.25) is 9.59 Å². The van der Waals surface area contributed by atoms with Gasteiger partial charge < -0.3 is 14.7 Å². The SMILES string of the molecule is CCC(C)CC(CC(C)(CC(C)C(=O)OCCN(C)C)C(=O)CO)(c1ccccc1)c1ccccc1. The molecule has 0 aromatic heterocycles. The van der Waals surface area contributed by atoms with Gasteiger partial charge in [0.25, 0.3) is 0 Å². The van der Waals surface area contributed by atoms with Crippen LogP contribution in [-0.2, 0) is 19.7 Å². The normalized spacial score (nSPS) is 15.2. The second kappa shape index (κ2) is 13.7. The molecule has 0 spiro atoms. The fourth-order valence-electron chi connectivity index (χ4n) is 5.30. The van der Waals surface area contributed by atoms with Crippen LogP contribution in [0.5, 0.6) is 0 Å². The summed E-state index contributed by atoms with van der Waals surface area (Å²) >= 11 is 0. The van der Waals surface area contributed by atoms with E-state index >= 15 is 0 Å². The van der Waals surface area contributed by atoms with Crippen LogP contribution >= 0.6 is 0 Å². The van der Waals surface area contributed by atoms with Gasteiger partial charge in [0, 0.05) is 17.4 Å². The molecule has 3 unspecified atom stereocenters. The van der Waals surface area contributed by atoms with E-state index in [1.165, 1.54) is 0 Å². The maximum absolute atomic E-state index is 13.4. The van der Waals surface area contributed by atoms with Crippen LogP contribution in [0, 0.1) is 17.3 Å². The number of hydrogen-bond donors (Lipinski definition) is 1. The monoisotopic (exact) mass is 495 g/mol. The smallest absolute Gasteiger partial charge is 0.308 e. The molecule has 0 saturated carbocycles. The van der Waals surface area contributed by atoms with Crippen molar-refractivity contribution in [3.63, 3.8) is 0 Å². The predicted octanol–water partition coefficient (Wildman–Crippen LogP) is 5.50. The molecule has 0 aliphatic heterocycles. The highest BCUT2D eigenvalue weighted by atomic mass is 16.5. The van der Waals surface area contributed by atoms with Crippen molar-refractivity contribution in [3.8, 4) is 0 Å². The minimum atomic E-state index is -0.923. The second-order valence-corrected chi connectivity index (χ2v) is 10.9. The van der Waals surface area contributed by atoms with Gasteiger partial charge >= 0.3 is 5.97 Å². The van der Waals surface area contributed by atoms with Crippen molar-refractivity contribution < 1.29 is 19.4 Å². The van der Waals surface area contributed by atoms with Gasteiger partial charge in [-0.05, 0) is 50.4 Å². The summed E-state index contributed by atoms with van der Waals surface area (Å²) in [6, 6.07) is 20.7. The minimum Gasteiger partial charge on any atom is -0.464 e. The van der Waals surface area contributed by atoms with Crippen LogP contribution in [0.3, 0.4) is 0 Å². The first-order valence-electron chi connectivity index (χ1n) is 13.1. The van der Waals surface area contributed by atoms with Gasteiger partial charge in [-0.15, -0.1) is 0 Å². The maximum atomic E-state index is 13.4. The molecule has 0 fully saturated rings. The molecule has 0 aliphatic carbocycles. The fraction of sp³-hybridized carbons (Fsp3) is 0.548. The van der Waals surface area contributed by atoms with Gasteiger partial charge in [0.1, 0.15) is 13.2 Å². The topological polar surface area (TPSA) is 66.8 Å². The Morgan fingerprint density at radius 2 is 1.47 bits per heavy atom. The molecule has 0 aliphatic rings. The Morgan fingerprint density at radius 3 is 1.92 bits per heavy atom. The van der Waals surface area contributed by atoms with E-state index < -0.39 is 23.4 Å². The highest BCUT2D eigenvalue weighted by Gasteiger charge is 2.46. The quantitative estimate of drug-likeness (QED) is 0.331. The Kier molecular flexibility index (Phi) is 11.3. The van der Waals surface area contributed by atoms with Crippen molar-refractivity contribution in [2.75, 3.05) is 33.9 Å². The third-order valence-electron chi connectivity index (χ3n) is 7.50. The summed E-state index contributed by atoms with van der Waals surface area (Å²) in [7, 11) is 3.86. The molecule has 3 atom stereocenters. The lowest BCUT2D eigenvalue weighted by molar-refractivity contribution is -0.150. The highest BCUT2D eigenvalue weighted by Crippen LogP contribution is 2.49. The summed E-state index contributed by atoms with van der Waals surface area (Å²) < 4.78 is 5.50. The first kappa shape index (κ1) is 29.7. The molecule has 0 heterocycles. The lowest BCUT2D eigenvalue weighted by atomic mass is 9.59. The van der Waals surface area contributed by atoms with E-state index in [0.717, 1.165) is 24.0 Å². The van der Waals surface area contributed by atoms with Gasteiger partial charge in [-0.1, -0.05) is 94.8 Å². The summed E-state index contributed by atoms with van der Waals surface area (Å²) in [6.07, 6.45) is 2.68. The van der Waals surface area contributed by atoms with Crippen LogP contribution in [0.2, 0.25) is 0 Å². The van der Waals surface area contributed by atoms with E-state index in [0.29, 0.717) is 31.9 Å². The predicted molar refractivity (Wildman–Crippen MR) is 146 cm³/mol. The number of hydrogen-bond acceptors (Lipinski definition) is 5. The molecule has 0 bridgehead atoms. The van der Waals surface area contributed by atoms with Gasteiger partial charge in [0.15, 0.2) is 5.78 Å². The third kappa shape index (κ3) is 7.75. The maximum Gasteiger partial charge on any atom is 0.308 e. The first-order valence-corrected chi connectivity index (χ1v) is 13.1. The first-order chi connectivity index (χ1) is 17.1. The average Bonchev–Trinajstić information content (AvgIpc) is 2.88. The Hall–Kier alpha value is -2.50. The van der Waals surface area contributed by atoms with Crippen LogP contribution in [0.4, 0.5) is 0 Å². The molecule has 0 saturated heterocycles. The Labute approximate surface area is 217 Å². The number of ketones is 1. The molecule has 198 valence electrons. The zero-order valence-corrected chi connectivity index (χ0v) is 23.0. The van der Waals surface area contributed by atoms with E-state index in [1.54, 1.807) is 0 Å². The Balaban J connectivity index is 2.54. The molecule has 0 radical (unpaired) electrons. The lowest BCUT2D eigenvalue weighted by Gasteiger charge is -2.44. The number of esters is 1. The molecular formula is C31H45NO4. The second-order valence-electron chi connectivity index (χ2n) is 10.9. The standard InChI is InChI=1S/C31H45NO4/c1-7-24(2)20-31(26-14-10-8-11-15-26,27-16-12-9-13-17-27)23-30(4,28(34)22-33)21-25(3)29(35)36-19-18-32(5)6/h8-17,24-25,33H,7,18-23H2,1-6H3. The molecule has 2 rings (SSSR count). The van der Waals surface area contributed by atoms with Crippen molar-refractivity contribution >= 4 is 11.8 Å². The van der Waals surface area contributed by atoms with Gasteiger partial charge in [-0.2, -0.15) is 0 Å². The van der Waals surface area contributed by atoms with E-state index in [-0.39, 0.29) is 11.8 Å². The molecule has 0 amide bonds. The largest absolute Gasteiger partial charge is 0.464 e. The number of aliphatic hydroxyl groups excluding tert-OH is 1. The van der Waals surface area contributed by atoms with Crippen LogP contribution in [0.25, 0.3) is 0 Å². The van der Waals surface area contributed by atoms with E-state index in [4.69, 9.17) is 4.74 Å². The van der Waals surface area contributed by atoms with Gasteiger partial charge in [-0.25, -0.2) is 0 Å². The highest BCUT2D eigenvalue weighted by molar-refractivity contribution is 5.86. The number of Topliss-reactive ketones (excluding diaryl/α,β-unsaturated/α-hetero) is 1. The molecule has 2 aromatic carbocycles. The van der Waals surface area contributed by atoms with Crippen molar-refractivity contribution in [1.29, 1.82) is 0 Å². The van der Waals surface area contributed by atoms with Gasteiger partial charge in [0.2, 0.25) is 0 Å². The van der Waals surface area contributed by atoms with Crippen molar-refractivity contribution in [2.45, 2.75) is 58.8 Å². The van der Waals surface area contributed by atoms with E-state index in [1.807, 2.05) is 69.2 Å². The number of aliphatic hydroxyl groups is 1. The number of nitrogens with zero attached hydrogens (tertiary/aromatic N) is 1. The lowest BCUT2D eigenvalue weighted by Crippen LogP contribution is -2.43. The number of ether oxygens (including phenoxy) is 1. The zero-order chi connectivity index (χ0) is 26.8. The van der Waals surface area contributed by atoms with E-state index in [2.05, 4.69) is 38.1 Å². The number of carbonyl (C=O) groups excluding carboxylic acids is 2. The van der Waals surface area contributed by atoms with Crippen molar-refractivity contribution in [1.82, 2.24) is 4.90 Å². The summed E-state index contributed by atoms with van der Waals surface area (Å²) in [6.45, 7) is 8.57. The molecular weight excluding hydrogens is 450 g/mol. The van der Waals surface area contributed by atoms with Crippen LogP contribution in [0.15, 0.2) is 60.7 Å². The molecule has 5 heteroatoms. The minimum absolute atomic E-state index is 0.240. The third-order valence-corrected chi connectivity index (χ3v) is 7.50. The van der Waals surface area contributed by atoms with E-state index in [9.17, 15) is 14.7 Å². The Morgan fingerprint density at radius 1 is 0.944 bits per heavy atom. The van der Waals surface area contributed by atoms with Crippen molar-refractivity contribution in [3.05, 3.63) is 71.8 Å². The summed E-state index contributed by atoms with van der Waals surface area (Å²) in [5.74, 6) is -0.607. The zero-order valence-electron chi connectivity index (χ0n) is 23.0.